The van der Waals surface area contributed by atoms with Gasteiger partial charge in [0.1, 0.15) is 0 Å². The van der Waals surface area contributed by atoms with E-state index in [1.54, 1.807) is 5.57 Å². The van der Waals surface area contributed by atoms with Crippen LogP contribution in [-0.4, -0.2) is 24.5 Å². The molecule has 3 rings (SSSR count). The fourth-order valence-corrected chi connectivity index (χ4v) is 2.74. The minimum atomic E-state index is 1.10. The van der Waals surface area contributed by atoms with E-state index in [2.05, 4.69) is 40.6 Å². The van der Waals surface area contributed by atoms with Crippen molar-refractivity contribution in [3.8, 4) is 0 Å². The first-order chi connectivity index (χ1) is 8.42. The van der Waals surface area contributed by atoms with Crippen molar-refractivity contribution in [2.24, 2.45) is 0 Å². The largest absolute Gasteiger partial charge is 0.313 e. The molecule has 2 heteroatoms. The summed E-state index contributed by atoms with van der Waals surface area (Å²) in [5.74, 6) is 0. The number of piperidine rings is 1. The fourth-order valence-electron chi connectivity index (χ4n) is 2.74. The fraction of sp³-hybridized carbons (Fsp3) is 0.467. The van der Waals surface area contributed by atoms with Crippen molar-refractivity contribution >= 4 is 0 Å². The van der Waals surface area contributed by atoms with Gasteiger partial charge in [-0.3, -0.25) is 4.90 Å². The van der Waals surface area contributed by atoms with Crippen molar-refractivity contribution in [2.75, 3.05) is 19.6 Å². The minimum absolute atomic E-state index is 1.10. The first-order valence-corrected chi connectivity index (χ1v) is 6.59. The van der Waals surface area contributed by atoms with E-state index in [1.807, 2.05) is 0 Å². The highest BCUT2D eigenvalue weighted by Crippen LogP contribution is 2.22. The summed E-state index contributed by atoms with van der Waals surface area (Å²) >= 11 is 0. The van der Waals surface area contributed by atoms with Crippen LogP contribution in [0.15, 0.2) is 35.9 Å². The van der Waals surface area contributed by atoms with Gasteiger partial charge in [0.05, 0.1) is 0 Å². The Bertz CT molecular complexity index is 390. The van der Waals surface area contributed by atoms with E-state index in [0.29, 0.717) is 0 Å². The first kappa shape index (κ1) is 11.0. The standard InChI is InChI=1S/C15H20N2/c1-2-6-15-12-17(11-14(15)5-1)9-7-13-4-3-8-16-10-13/h1-2,5-7,16H,3-4,8-12H2/b13-7+. The lowest BCUT2D eigenvalue weighted by atomic mass is 10.1. The van der Waals surface area contributed by atoms with Gasteiger partial charge >= 0.3 is 0 Å². The van der Waals surface area contributed by atoms with Crippen molar-refractivity contribution in [1.29, 1.82) is 0 Å². The minimum Gasteiger partial charge on any atom is -0.313 e. The Kier molecular flexibility index (Phi) is 3.25. The van der Waals surface area contributed by atoms with Crippen molar-refractivity contribution < 1.29 is 0 Å². The number of fused-ring (bicyclic) bond motifs is 1. The molecule has 1 saturated heterocycles. The van der Waals surface area contributed by atoms with Gasteiger partial charge in [-0.25, -0.2) is 0 Å². The van der Waals surface area contributed by atoms with Gasteiger partial charge in [-0.1, -0.05) is 35.9 Å². The van der Waals surface area contributed by atoms with Crippen LogP contribution in [0.25, 0.3) is 0 Å². The number of hydrogen-bond donors (Lipinski definition) is 1. The lowest BCUT2D eigenvalue weighted by Crippen LogP contribution is -2.25. The van der Waals surface area contributed by atoms with Crippen LogP contribution in [0.1, 0.15) is 24.0 Å². The Hall–Kier alpha value is -1.12. The Morgan fingerprint density at radius 2 is 1.94 bits per heavy atom. The molecule has 0 unspecified atom stereocenters. The lowest BCUT2D eigenvalue weighted by Gasteiger charge is -2.17. The molecule has 0 atom stereocenters. The Balaban J connectivity index is 1.58. The molecule has 0 aromatic heterocycles. The quantitative estimate of drug-likeness (QED) is 0.781. The molecular weight excluding hydrogens is 208 g/mol. The molecule has 90 valence electrons. The maximum atomic E-state index is 3.44. The molecule has 2 nitrogen and oxygen atoms in total. The van der Waals surface area contributed by atoms with Crippen molar-refractivity contribution in [3.63, 3.8) is 0 Å². The summed E-state index contributed by atoms with van der Waals surface area (Å²) in [6.45, 7) is 5.62. The molecular formula is C15H20N2. The third-order valence-electron chi connectivity index (χ3n) is 3.75. The second-order valence-corrected chi connectivity index (χ2v) is 5.08. The van der Waals surface area contributed by atoms with Crippen molar-refractivity contribution in [3.05, 3.63) is 47.0 Å². The van der Waals surface area contributed by atoms with E-state index in [0.717, 1.165) is 26.2 Å². The highest BCUT2D eigenvalue weighted by molar-refractivity contribution is 5.30. The van der Waals surface area contributed by atoms with E-state index in [-0.39, 0.29) is 0 Å². The maximum absolute atomic E-state index is 3.44. The zero-order valence-corrected chi connectivity index (χ0v) is 10.3. The topological polar surface area (TPSA) is 15.3 Å². The van der Waals surface area contributed by atoms with Crippen LogP contribution in [0.4, 0.5) is 0 Å². The molecule has 2 aliphatic rings. The summed E-state index contributed by atoms with van der Waals surface area (Å²) in [4.78, 5) is 2.52. The number of rotatable bonds is 2. The zero-order chi connectivity index (χ0) is 11.5. The van der Waals surface area contributed by atoms with Gasteiger partial charge in [-0.2, -0.15) is 0 Å². The molecule has 0 bridgehead atoms. The molecule has 1 aromatic rings. The van der Waals surface area contributed by atoms with Crippen LogP contribution >= 0.6 is 0 Å². The molecule has 1 aromatic carbocycles. The average Bonchev–Trinajstić information content (AvgIpc) is 2.80. The molecule has 0 radical (unpaired) electrons. The normalized spacial score (nSPS) is 22.9. The molecule has 2 heterocycles. The van der Waals surface area contributed by atoms with E-state index in [9.17, 15) is 0 Å². The second kappa shape index (κ2) is 5.03. The van der Waals surface area contributed by atoms with Gasteiger partial charge in [0.15, 0.2) is 0 Å². The first-order valence-electron chi connectivity index (χ1n) is 6.59. The third kappa shape index (κ3) is 2.59. The Morgan fingerprint density at radius 1 is 1.18 bits per heavy atom. The molecule has 0 spiro atoms. The zero-order valence-electron chi connectivity index (χ0n) is 10.3. The van der Waals surface area contributed by atoms with Crippen LogP contribution in [-0.2, 0) is 13.1 Å². The number of nitrogens with one attached hydrogen (secondary N) is 1. The maximum Gasteiger partial charge on any atom is 0.0243 e. The Morgan fingerprint density at radius 3 is 2.59 bits per heavy atom. The van der Waals surface area contributed by atoms with E-state index >= 15 is 0 Å². The highest BCUT2D eigenvalue weighted by Gasteiger charge is 2.17. The highest BCUT2D eigenvalue weighted by atomic mass is 15.1. The predicted octanol–water partition coefficient (Wildman–Crippen LogP) is 2.31. The summed E-state index contributed by atoms with van der Waals surface area (Å²) in [5.41, 5.74) is 4.60. The SMILES string of the molecule is C(/CN1Cc2ccccc2C1)=C1/CCCNC1. The summed E-state index contributed by atoms with van der Waals surface area (Å²) in [6, 6.07) is 8.80. The molecule has 1 N–H and O–H groups in total. The Labute approximate surface area is 103 Å². The van der Waals surface area contributed by atoms with Crippen LogP contribution in [0.5, 0.6) is 0 Å². The molecule has 17 heavy (non-hydrogen) atoms. The third-order valence-corrected chi connectivity index (χ3v) is 3.75. The molecule has 0 saturated carbocycles. The van der Waals surface area contributed by atoms with Crippen molar-refractivity contribution in [2.45, 2.75) is 25.9 Å². The number of hydrogen-bond acceptors (Lipinski definition) is 2. The van der Waals surface area contributed by atoms with Crippen LogP contribution in [0, 0.1) is 0 Å². The van der Waals surface area contributed by atoms with Crippen LogP contribution < -0.4 is 5.32 Å². The molecule has 1 fully saturated rings. The lowest BCUT2D eigenvalue weighted by molar-refractivity contribution is 0.315. The molecule has 2 aliphatic heterocycles. The second-order valence-electron chi connectivity index (χ2n) is 5.08. The average molecular weight is 228 g/mol. The predicted molar refractivity (Wildman–Crippen MR) is 70.7 cm³/mol. The monoisotopic (exact) mass is 228 g/mol. The summed E-state index contributed by atoms with van der Waals surface area (Å²) in [7, 11) is 0. The van der Waals surface area contributed by atoms with E-state index < -0.39 is 0 Å². The van der Waals surface area contributed by atoms with Gasteiger partial charge < -0.3 is 5.32 Å². The van der Waals surface area contributed by atoms with E-state index in [1.165, 1.54) is 30.5 Å². The number of benzene rings is 1. The molecule has 0 amide bonds. The van der Waals surface area contributed by atoms with Gasteiger partial charge in [-0.15, -0.1) is 0 Å². The van der Waals surface area contributed by atoms with Crippen molar-refractivity contribution in [1.82, 2.24) is 10.2 Å². The van der Waals surface area contributed by atoms with Crippen LogP contribution in [0.3, 0.4) is 0 Å². The van der Waals surface area contributed by atoms with Gasteiger partial charge in [0, 0.05) is 26.2 Å². The summed E-state index contributed by atoms with van der Waals surface area (Å²) in [5, 5.41) is 3.44. The van der Waals surface area contributed by atoms with Gasteiger partial charge in [0.2, 0.25) is 0 Å². The van der Waals surface area contributed by atoms with E-state index in [4.69, 9.17) is 0 Å². The number of nitrogens with zero attached hydrogens (tertiary/aromatic N) is 1. The van der Waals surface area contributed by atoms with Gasteiger partial charge in [0.25, 0.3) is 0 Å². The summed E-state index contributed by atoms with van der Waals surface area (Å²) < 4.78 is 0. The van der Waals surface area contributed by atoms with Crippen LogP contribution in [0.2, 0.25) is 0 Å². The summed E-state index contributed by atoms with van der Waals surface area (Å²) in [6.07, 6.45) is 5.01. The smallest absolute Gasteiger partial charge is 0.0243 e. The molecule has 0 aliphatic carbocycles. The van der Waals surface area contributed by atoms with Gasteiger partial charge in [-0.05, 0) is 30.5 Å².